The lowest BCUT2D eigenvalue weighted by atomic mass is 10.0. The van der Waals surface area contributed by atoms with E-state index < -0.39 is 0 Å². The number of halogens is 1. The van der Waals surface area contributed by atoms with Crippen LogP contribution < -0.4 is 5.32 Å². The normalized spacial score (nSPS) is 16.3. The molecule has 0 spiro atoms. The van der Waals surface area contributed by atoms with E-state index in [4.69, 9.17) is 17.3 Å². The Morgan fingerprint density at radius 2 is 2.00 bits per heavy atom. The molecule has 0 fully saturated rings. The van der Waals surface area contributed by atoms with Crippen molar-refractivity contribution in [3.63, 3.8) is 0 Å². The summed E-state index contributed by atoms with van der Waals surface area (Å²) >= 11 is 7.27. The van der Waals surface area contributed by atoms with Crippen LogP contribution in [0.15, 0.2) is 77.2 Å². The van der Waals surface area contributed by atoms with Crippen molar-refractivity contribution in [1.82, 2.24) is 10.3 Å². The summed E-state index contributed by atoms with van der Waals surface area (Å²) in [5, 5.41) is 12.4. The van der Waals surface area contributed by atoms with Crippen LogP contribution >= 0.6 is 23.6 Å². The van der Waals surface area contributed by atoms with E-state index in [0.29, 0.717) is 18.1 Å². The Morgan fingerprint density at radius 3 is 2.74 bits per heavy atom. The van der Waals surface area contributed by atoms with Gasteiger partial charge in [-0.05, 0) is 46.9 Å². The Balaban J connectivity index is 1.57. The summed E-state index contributed by atoms with van der Waals surface area (Å²) in [6.07, 6.45) is 0.692. The van der Waals surface area contributed by atoms with Gasteiger partial charge in [0.25, 0.3) is 0 Å². The smallest absolute Gasteiger partial charge is 0.190 e. The molecule has 1 aliphatic rings. The molecule has 3 aromatic rings. The van der Waals surface area contributed by atoms with Crippen molar-refractivity contribution in [2.75, 3.05) is 0 Å². The summed E-state index contributed by atoms with van der Waals surface area (Å²) in [6, 6.07) is 20.7. The van der Waals surface area contributed by atoms with Crippen LogP contribution in [-0.2, 0) is 6.54 Å². The number of nitrogens with one attached hydrogen (secondary N) is 1. The number of benzene rings is 2. The van der Waals surface area contributed by atoms with Crippen molar-refractivity contribution >= 4 is 34.4 Å². The van der Waals surface area contributed by atoms with Crippen LogP contribution in [0.1, 0.15) is 28.5 Å². The van der Waals surface area contributed by atoms with Gasteiger partial charge >= 0.3 is 0 Å². The van der Waals surface area contributed by atoms with Crippen LogP contribution in [0, 0.1) is 5.82 Å². The average molecular weight is 396 g/mol. The lowest BCUT2D eigenvalue weighted by Gasteiger charge is -2.25. The van der Waals surface area contributed by atoms with Gasteiger partial charge in [-0.15, -0.1) is 11.3 Å². The van der Waals surface area contributed by atoms with E-state index in [2.05, 4.69) is 11.4 Å². The quantitative estimate of drug-likeness (QED) is 0.622. The molecule has 0 aliphatic carbocycles. The molecule has 6 heteroatoms. The van der Waals surface area contributed by atoms with Crippen LogP contribution in [0.3, 0.4) is 0 Å². The zero-order valence-corrected chi connectivity index (χ0v) is 16.1. The number of hydrogen-bond donors (Lipinski definition) is 1. The topological polar surface area (TPSA) is 27.6 Å². The molecule has 0 amide bonds. The van der Waals surface area contributed by atoms with E-state index in [-0.39, 0.29) is 11.9 Å². The monoisotopic (exact) mass is 395 g/mol. The predicted molar refractivity (Wildman–Crippen MR) is 112 cm³/mol. The highest BCUT2D eigenvalue weighted by molar-refractivity contribution is 7.80. The van der Waals surface area contributed by atoms with Crippen molar-refractivity contribution < 1.29 is 4.39 Å². The molecule has 2 aromatic carbocycles. The highest BCUT2D eigenvalue weighted by Gasteiger charge is 2.31. The van der Waals surface area contributed by atoms with Crippen molar-refractivity contribution in [1.29, 1.82) is 0 Å². The third-order valence-electron chi connectivity index (χ3n) is 4.44. The minimum absolute atomic E-state index is 0.117. The average Bonchev–Trinajstić information content (AvgIpc) is 3.36. The maximum absolute atomic E-state index is 13.8. The molecule has 1 aromatic heterocycles. The first-order valence-corrected chi connectivity index (χ1v) is 9.97. The summed E-state index contributed by atoms with van der Waals surface area (Å²) in [7, 11) is 0. The summed E-state index contributed by atoms with van der Waals surface area (Å²) in [5.74, 6) is -0.250. The number of hydrazone groups is 1. The Morgan fingerprint density at radius 1 is 1.15 bits per heavy atom. The fourth-order valence-corrected chi connectivity index (χ4v) is 4.08. The largest absolute Gasteiger partial charge is 0.357 e. The zero-order chi connectivity index (χ0) is 18.6. The standard InChI is InChI=1S/C21H18FN3S2/c22-17-9-4-8-16(12-17)19-13-18(20-10-5-11-27-20)24-25(19)21(26)23-14-15-6-2-1-3-7-15/h1-12,19H,13-14H2,(H,23,26)/t19-/m0/s1. The highest BCUT2D eigenvalue weighted by atomic mass is 32.1. The second-order valence-corrected chi connectivity index (χ2v) is 7.62. The Labute approximate surface area is 167 Å². The van der Waals surface area contributed by atoms with Crippen LogP contribution in [0.5, 0.6) is 0 Å². The first-order valence-electron chi connectivity index (χ1n) is 8.68. The Bertz CT molecular complexity index is 955. The van der Waals surface area contributed by atoms with Crippen molar-refractivity contribution in [3.8, 4) is 0 Å². The van der Waals surface area contributed by atoms with Crippen molar-refractivity contribution in [2.24, 2.45) is 5.10 Å². The molecule has 0 radical (unpaired) electrons. The van der Waals surface area contributed by atoms with Crippen LogP contribution in [-0.4, -0.2) is 15.8 Å². The van der Waals surface area contributed by atoms with E-state index in [1.54, 1.807) is 23.5 Å². The number of hydrogen-bond acceptors (Lipinski definition) is 3. The fraction of sp³-hybridized carbons (Fsp3) is 0.143. The molecule has 0 saturated carbocycles. The molecule has 0 bridgehead atoms. The van der Waals surface area contributed by atoms with Gasteiger partial charge < -0.3 is 5.32 Å². The molecule has 1 atom stereocenters. The molecule has 3 nitrogen and oxygen atoms in total. The van der Waals surface area contributed by atoms with Gasteiger partial charge in [0, 0.05) is 13.0 Å². The lowest BCUT2D eigenvalue weighted by molar-refractivity contribution is 0.362. The molecule has 0 unspecified atom stereocenters. The fourth-order valence-electron chi connectivity index (χ4n) is 3.12. The van der Waals surface area contributed by atoms with Gasteiger partial charge in [0.05, 0.1) is 16.6 Å². The van der Waals surface area contributed by atoms with E-state index >= 15 is 0 Å². The van der Waals surface area contributed by atoms with Gasteiger partial charge in [-0.3, -0.25) is 0 Å². The van der Waals surface area contributed by atoms with E-state index in [1.807, 2.05) is 52.9 Å². The van der Waals surface area contributed by atoms with Gasteiger partial charge in [0.2, 0.25) is 0 Å². The highest BCUT2D eigenvalue weighted by Crippen LogP contribution is 2.34. The third kappa shape index (κ3) is 4.07. The van der Waals surface area contributed by atoms with Gasteiger partial charge in [-0.25, -0.2) is 9.40 Å². The molecular weight excluding hydrogens is 377 g/mol. The Hall–Kier alpha value is -2.57. The van der Waals surface area contributed by atoms with Crippen LogP contribution in [0.2, 0.25) is 0 Å². The van der Waals surface area contributed by atoms with Gasteiger partial charge in [-0.1, -0.05) is 48.5 Å². The molecular formula is C21H18FN3S2. The van der Waals surface area contributed by atoms with Gasteiger partial charge in [0.1, 0.15) is 5.82 Å². The molecule has 2 heterocycles. The van der Waals surface area contributed by atoms with E-state index in [9.17, 15) is 4.39 Å². The summed E-state index contributed by atoms with van der Waals surface area (Å²) < 4.78 is 13.8. The molecule has 1 aliphatic heterocycles. The second-order valence-electron chi connectivity index (χ2n) is 6.29. The lowest BCUT2D eigenvalue weighted by Crippen LogP contribution is -2.36. The maximum Gasteiger partial charge on any atom is 0.190 e. The molecule has 4 rings (SSSR count). The molecule has 136 valence electrons. The first kappa shape index (κ1) is 17.8. The number of thiophene rings is 1. The van der Waals surface area contributed by atoms with Crippen molar-refractivity contribution in [2.45, 2.75) is 19.0 Å². The molecule has 1 N–H and O–H groups in total. The third-order valence-corrected chi connectivity index (χ3v) is 5.69. The molecule has 27 heavy (non-hydrogen) atoms. The number of rotatable bonds is 4. The van der Waals surface area contributed by atoms with Gasteiger partial charge in [0.15, 0.2) is 5.11 Å². The minimum Gasteiger partial charge on any atom is -0.357 e. The number of thiocarbonyl (C=S) groups is 1. The summed E-state index contributed by atoms with van der Waals surface area (Å²) in [4.78, 5) is 1.12. The molecule has 0 saturated heterocycles. The summed E-state index contributed by atoms with van der Waals surface area (Å²) in [5.41, 5.74) is 2.99. The number of nitrogens with zero attached hydrogens (tertiary/aromatic N) is 2. The summed E-state index contributed by atoms with van der Waals surface area (Å²) in [6.45, 7) is 0.621. The van der Waals surface area contributed by atoms with E-state index in [1.165, 1.54) is 6.07 Å². The second kappa shape index (κ2) is 7.98. The predicted octanol–water partition coefficient (Wildman–Crippen LogP) is 5.11. The Kier molecular flexibility index (Phi) is 5.27. The zero-order valence-electron chi connectivity index (χ0n) is 14.5. The SMILES string of the molecule is Fc1cccc([C@@H]2CC(c3cccs3)=NN2C(=S)NCc2ccccc2)c1. The van der Waals surface area contributed by atoms with E-state index in [0.717, 1.165) is 21.7 Å². The van der Waals surface area contributed by atoms with Crippen LogP contribution in [0.4, 0.5) is 4.39 Å². The first-order chi connectivity index (χ1) is 13.2. The minimum atomic E-state index is -0.250. The van der Waals surface area contributed by atoms with Crippen LogP contribution in [0.25, 0.3) is 0 Å². The van der Waals surface area contributed by atoms with Crippen molar-refractivity contribution in [3.05, 3.63) is 93.9 Å². The van der Waals surface area contributed by atoms with Gasteiger partial charge in [-0.2, -0.15) is 5.10 Å². The maximum atomic E-state index is 13.8.